The minimum Gasteiger partial charge on any atom is -0.0887 e. The Balaban J connectivity index is 2.28. The third-order valence-electron chi connectivity index (χ3n) is 4.80. The van der Waals surface area contributed by atoms with Gasteiger partial charge in [-0.3, -0.25) is 0 Å². The van der Waals surface area contributed by atoms with E-state index in [0.29, 0.717) is 4.83 Å². The van der Waals surface area contributed by atoms with Gasteiger partial charge in [-0.05, 0) is 48.1 Å². The molecule has 0 aromatic heterocycles. The van der Waals surface area contributed by atoms with E-state index in [2.05, 4.69) is 67.9 Å². The number of rotatable bonds is 2. The molecule has 1 aliphatic carbocycles. The highest BCUT2D eigenvalue weighted by Crippen LogP contribution is 2.45. The molecule has 0 spiro atoms. The van der Waals surface area contributed by atoms with Crippen molar-refractivity contribution in [1.29, 1.82) is 0 Å². The fourth-order valence-corrected chi connectivity index (χ4v) is 5.18. The second-order valence-corrected chi connectivity index (χ2v) is 7.75. The molecule has 1 saturated carbocycles. The summed E-state index contributed by atoms with van der Waals surface area (Å²) in [4.78, 5) is 0.663. The van der Waals surface area contributed by atoms with Crippen LogP contribution in [0.1, 0.15) is 51.2 Å². The van der Waals surface area contributed by atoms with E-state index < -0.39 is 0 Å². The van der Waals surface area contributed by atoms with Gasteiger partial charge in [-0.1, -0.05) is 67.4 Å². The normalized spacial score (nSPS) is 29.3. The molecule has 3 atom stereocenters. The van der Waals surface area contributed by atoms with Gasteiger partial charge in [-0.15, -0.1) is 0 Å². The van der Waals surface area contributed by atoms with Crippen molar-refractivity contribution < 1.29 is 0 Å². The van der Waals surface area contributed by atoms with Gasteiger partial charge in [0, 0.05) is 4.83 Å². The van der Waals surface area contributed by atoms with Gasteiger partial charge in [0.2, 0.25) is 0 Å². The van der Waals surface area contributed by atoms with Gasteiger partial charge >= 0.3 is 0 Å². The number of alkyl halides is 1. The lowest BCUT2D eigenvalue weighted by molar-refractivity contribution is 0.213. The molecule has 100 valence electrons. The quantitative estimate of drug-likeness (QED) is 0.635. The minimum atomic E-state index is 0.264. The first kappa shape index (κ1) is 14.1. The van der Waals surface area contributed by atoms with Crippen molar-refractivity contribution in [2.24, 2.45) is 11.8 Å². The fourth-order valence-electron chi connectivity index (χ4n) is 3.62. The number of halogens is 1. The lowest BCUT2D eigenvalue weighted by Crippen LogP contribution is -2.39. The third kappa shape index (κ3) is 2.66. The molecule has 1 aromatic carbocycles. The summed E-state index contributed by atoms with van der Waals surface area (Å²) in [6.07, 6.45) is 4.04. The van der Waals surface area contributed by atoms with Crippen LogP contribution in [-0.4, -0.2) is 4.83 Å². The Kier molecular flexibility index (Phi) is 4.21. The molecule has 1 aliphatic rings. The van der Waals surface area contributed by atoms with Crippen LogP contribution in [-0.2, 0) is 5.41 Å². The zero-order chi connectivity index (χ0) is 13.3. The maximum absolute atomic E-state index is 3.95. The molecule has 1 heteroatoms. The molecule has 0 radical (unpaired) electrons. The van der Waals surface area contributed by atoms with Gasteiger partial charge in [0.15, 0.2) is 0 Å². The molecular formula is C17H25Br. The molecule has 1 aromatic rings. The van der Waals surface area contributed by atoms with Crippen molar-refractivity contribution in [2.75, 3.05) is 0 Å². The SMILES string of the molecule is Cc1ccccc1C(C)(C)C1CCC(C)CC1Br. The molecule has 0 N–H and O–H groups in total. The van der Waals surface area contributed by atoms with Crippen LogP contribution in [0.5, 0.6) is 0 Å². The molecule has 0 bridgehead atoms. The molecule has 0 aliphatic heterocycles. The lowest BCUT2D eigenvalue weighted by Gasteiger charge is -2.43. The van der Waals surface area contributed by atoms with Gasteiger partial charge in [-0.25, -0.2) is 0 Å². The second-order valence-electron chi connectivity index (χ2n) is 6.58. The average Bonchev–Trinajstić information content (AvgIpc) is 2.28. The van der Waals surface area contributed by atoms with Crippen LogP contribution in [0.25, 0.3) is 0 Å². The van der Waals surface area contributed by atoms with Crippen LogP contribution in [0, 0.1) is 18.8 Å². The smallest absolute Gasteiger partial charge is 0.0184 e. The van der Waals surface area contributed by atoms with Crippen LogP contribution >= 0.6 is 15.9 Å². The minimum absolute atomic E-state index is 0.264. The predicted molar refractivity (Wildman–Crippen MR) is 83.4 cm³/mol. The highest BCUT2D eigenvalue weighted by atomic mass is 79.9. The molecule has 0 nitrogen and oxygen atoms in total. The molecule has 3 unspecified atom stereocenters. The van der Waals surface area contributed by atoms with E-state index in [9.17, 15) is 0 Å². The molecule has 0 heterocycles. The van der Waals surface area contributed by atoms with E-state index in [-0.39, 0.29) is 5.41 Å². The number of hydrogen-bond acceptors (Lipinski definition) is 0. The lowest BCUT2D eigenvalue weighted by atomic mass is 9.65. The average molecular weight is 309 g/mol. The summed E-state index contributed by atoms with van der Waals surface area (Å²) in [6.45, 7) is 9.46. The summed E-state index contributed by atoms with van der Waals surface area (Å²) in [6, 6.07) is 8.88. The van der Waals surface area contributed by atoms with E-state index in [4.69, 9.17) is 0 Å². The molecule has 2 rings (SSSR count). The van der Waals surface area contributed by atoms with E-state index >= 15 is 0 Å². The summed E-state index contributed by atoms with van der Waals surface area (Å²) in [5.74, 6) is 1.62. The highest BCUT2D eigenvalue weighted by Gasteiger charge is 2.39. The number of aryl methyl sites for hydroxylation is 1. The first-order valence-corrected chi connectivity index (χ1v) is 8.04. The summed E-state index contributed by atoms with van der Waals surface area (Å²) in [7, 11) is 0. The zero-order valence-electron chi connectivity index (χ0n) is 12.0. The molecule has 1 fully saturated rings. The van der Waals surface area contributed by atoms with E-state index in [0.717, 1.165) is 11.8 Å². The van der Waals surface area contributed by atoms with E-state index in [1.54, 1.807) is 0 Å². The third-order valence-corrected chi connectivity index (χ3v) is 5.81. The Bertz CT molecular complexity index is 408. The van der Waals surface area contributed by atoms with Gasteiger partial charge in [0.1, 0.15) is 0 Å². The maximum Gasteiger partial charge on any atom is 0.0184 e. The molecular weight excluding hydrogens is 284 g/mol. The van der Waals surface area contributed by atoms with E-state index in [1.165, 1.54) is 30.4 Å². The highest BCUT2D eigenvalue weighted by molar-refractivity contribution is 9.09. The summed E-state index contributed by atoms with van der Waals surface area (Å²) >= 11 is 3.95. The standard InChI is InChI=1S/C17H25Br/c1-12-9-10-15(16(18)11-12)17(3,4)14-8-6-5-7-13(14)2/h5-8,12,15-16H,9-11H2,1-4H3. The predicted octanol–water partition coefficient (Wildman–Crippen LogP) is 5.47. The van der Waals surface area contributed by atoms with Crippen LogP contribution in [0.4, 0.5) is 0 Å². The van der Waals surface area contributed by atoms with Crippen LogP contribution in [0.3, 0.4) is 0 Å². The van der Waals surface area contributed by atoms with Gasteiger partial charge < -0.3 is 0 Å². The Morgan fingerprint density at radius 1 is 1.17 bits per heavy atom. The fraction of sp³-hybridized carbons (Fsp3) is 0.647. The monoisotopic (exact) mass is 308 g/mol. The number of benzene rings is 1. The van der Waals surface area contributed by atoms with Gasteiger partial charge in [0.05, 0.1) is 0 Å². The summed E-state index contributed by atoms with van der Waals surface area (Å²) in [5, 5.41) is 0. The molecule has 0 amide bonds. The van der Waals surface area contributed by atoms with Crippen LogP contribution in [0.15, 0.2) is 24.3 Å². The van der Waals surface area contributed by atoms with Gasteiger partial charge in [-0.2, -0.15) is 0 Å². The van der Waals surface area contributed by atoms with Crippen molar-refractivity contribution >= 4 is 15.9 Å². The molecule has 18 heavy (non-hydrogen) atoms. The second kappa shape index (κ2) is 5.36. The Labute approximate surface area is 120 Å². The van der Waals surface area contributed by atoms with Gasteiger partial charge in [0.25, 0.3) is 0 Å². The Hall–Kier alpha value is -0.300. The van der Waals surface area contributed by atoms with Crippen LogP contribution < -0.4 is 0 Å². The van der Waals surface area contributed by atoms with E-state index in [1.807, 2.05) is 0 Å². The first-order valence-electron chi connectivity index (χ1n) is 7.13. The summed E-state index contributed by atoms with van der Waals surface area (Å²) < 4.78 is 0. The van der Waals surface area contributed by atoms with Crippen molar-refractivity contribution in [3.05, 3.63) is 35.4 Å². The van der Waals surface area contributed by atoms with Crippen molar-refractivity contribution in [2.45, 2.75) is 57.2 Å². The Morgan fingerprint density at radius 2 is 1.83 bits per heavy atom. The van der Waals surface area contributed by atoms with Crippen LogP contribution in [0.2, 0.25) is 0 Å². The van der Waals surface area contributed by atoms with Crippen molar-refractivity contribution in [1.82, 2.24) is 0 Å². The molecule has 0 saturated heterocycles. The summed E-state index contributed by atoms with van der Waals surface area (Å²) in [5.41, 5.74) is 3.22. The van der Waals surface area contributed by atoms with Crippen molar-refractivity contribution in [3.63, 3.8) is 0 Å². The first-order chi connectivity index (χ1) is 8.43. The number of hydrogen-bond donors (Lipinski definition) is 0. The topological polar surface area (TPSA) is 0 Å². The zero-order valence-corrected chi connectivity index (χ0v) is 13.6. The Morgan fingerprint density at radius 3 is 2.44 bits per heavy atom. The largest absolute Gasteiger partial charge is 0.0887 e. The van der Waals surface area contributed by atoms with Crippen molar-refractivity contribution in [3.8, 4) is 0 Å². The maximum atomic E-state index is 3.95.